The van der Waals surface area contributed by atoms with Crippen LogP contribution in [0, 0.1) is 0 Å². The van der Waals surface area contributed by atoms with E-state index >= 15 is 0 Å². The molecule has 0 aliphatic heterocycles. The highest BCUT2D eigenvalue weighted by Crippen LogP contribution is 2.10. The second-order valence-corrected chi connectivity index (χ2v) is 3.35. The molecule has 2 heteroatoms. The normalized spacial score (nSPS) is 14.3. The van der Waals surface area contributed by atoms with Crippen LogP contribution in [0.2, 0.25) is 0 Å². The first-order valence-corrected chi connectivity index (χ1v) is 5.90. The molecule has 15 heavy (non-hydrogen) atoms. The first-order chi connectivity index (χ1) is 7.29. The Bertz CT molecular complexity index is 193. The standard InChI is InChI=1S/C11H18O2.C2H6/c1-10(2)12-8-9-13-11-6-4-3-5-7-11;1-2/h4,6-7,10H,3,5,8-9H2,1-2H3;1-2H3. The lowest BCUT2D eigenvalue weighted by Gasteiger charge is -2.11. The smallest absolute Gasteiger partial charge is 0.115 e. The summed E-state index contributed by atoms with van der Waals surface area (Å²) in [5.74, 6) is 0.985. The van der Waals surface area contributed by atoms with Crippen LogP contribution in [0.3, 0.4) is 0 Å². The molecular formula is C13H24O2. The van der Waals surface area contributed by atoms with Gasteiger partial charge in [0.25, 0.3) is 0 Å². The molecule has 0 radical (unpaired) electrons. The van der Waals surface area contributed by atoms with Gasteiger partial charge in [-0.2, -0.15) is 0 Å². The fraction of sp³-hybridized carbons (Fsp3) is 0.692. The quantitative estimate of drug-likeness (QED) is 0.647. The Balaban J connectivity index is 0.000000921. The monoisotopic (exact) mass is 212 g/mol. The topological polar surface area (TPSA) is 18.5 Å². The van der Waals surface area contributed by atoms with Crippen molar-refractivity contribution in [1.82, 2.24) is 0 Å². The fourth-order valence-corrected chi connectivity index (χ4v) is 1.14. The van der Waals surface area contributed by atoms with E-state index in [0.29, 0.717) is 19.3 Å². The summed E-state index contributed by atoms with van der Waals surface area (Å²) in [6, 6.07) is 0. The summed E-state index contributed by atoms with van der Waals surface area (Å²) >= 11 is 0. The number of rotatable bonds is 5. The lowest BCUT2D eigenvalue weighted by Crippen LogP contribution is -2.09. The van der Waals surface area contributed by atoms with E-state index in [-0.39, 0.29) is 0 Å². The summed E-state index contributed by atoms with van der Waals surface area (Å²) in [6.45, 7) is 9.37. The van der Waals surface area contributed by atoms with Crippen molar-refractivity contribution in [2.24, 2.45) is 0 Å². The minimum Gasteiger partial charge on any atom is -0.492 e. The van der Waals surface area contributed by atoms with Gasteiger partial charge < -0.3 is 9.47 Å². The minimum absolute atomic E-state index is 0.291. The van der Waals surface area contributed by atoms with Crippen molar-refractivity contribution in [3.8, 4) is 0 Å². The van der Waals surface area contributed by atoms with Gasteiger partial charge in [-0.1, -0.05) is 19.9 Å². The summed E-state index contributed by atoms with van der Waals surface area (Å²) in [7, 11) is 0. The lowest BCUT2D eigenvalue weighted by molar-refractivity contribution is 0.0405. The van der Waals surface area contributed by atoms with Gasteiger partial charge in [0.2, 0.25) is 0 Å². The second kappa shape index (κ2) is 9.78. The molecule has 0 bridgehead atoms. The van der Waals surface area contributed by atoms with E-state index in [9.17, 15) is 0 Å². The van der Waals surface area contributed by atoms with Gasteiger partial charge in [0.05, 0.1) is 12.7 Å². The van der Waals surface area contributed by atoms with E-state index in [1.807, 2.05) is 33.8 Å². The van der Waals surface area contributed by atoms with Crippen molar-refractivity contribution in [3.63, 3.8) is 0 Å². The molecule has 1 aliphatic rings. The highest BCUT2D eigenvalue weighted by Gasteiger charge is 1.98. The highest BCUT2D eigenvalue weighted by atomic mass is 16.5. The van der Waals surface area contributed by atoms with Gasteiger partial charge in [0.15, 0.2) is 0 Å². The summed E-state index contributed by atoms with van der Waals surface area (Å²) in [5, 5.41) is 0. The zero-order valence-electron chi connectivity index (χ0n) is 10.5. The number of hydrogen-bond acceptors (Lipinski definition) is 2. The molecule has 0 aromatic carbocycles. The molecule has 0 atom stereocenters. The summed E-state index contributed by atoms with van der Waals surface area (Å²) in [6.07, 6.45) is 8.80. The van der Waals surface area contributed by atoms with Crippen LogP contribution in [0.4, 0.5) is 0 Å². The molecule has 1 rings (SSSR count). The third-order valence-electron chi connectivity index (χ3n) is 1.76. The van der Waals surface area contributed by atoms with Crippen LogP contribution in [0.1, 0.15) is 40.5 Å². The summed E-state index contributed by atoms with van der Waals surface area (Å²) in [5.41, 5.74) is 0. The Labute approximate surface area is 94.0 Å². The van der Waals surface area contributed by atoms with E-state index in [2.05, 4.69) is 12.2 Å². The van der Waals surface area contributed by atoms with E-state index < -0.39 is 0 Å². The number of ether oxygens (including phenoxy) is 2. The average molecular weight is 212 g/mol. The van der Waals surface area contributed by atoms with Crippen LogP contribution >= 0.6 is 0 Å². The molecule has 1 aliphatic carbocycles. The van der Waals surface area contributed by atoms with Gasteiger partial charge in [-0.05, 0) is 38.8 Å². The molecule has 0 saturated carbocycles. The first-order valence-electron chi connectivity index (χ1n) is 5.90. The Morgan fingerprint density at radius 3 is 2.47 bits per heavy atom. The molecule has 0 spiro atoms. The van der Waals surface area contributed by atoms with Crippen molar-refractivity contribution in [1.29, 1.82) is 0 Å². The van der Waals surface area contributed by atoms with E-state index in [1.54, 1.807) is 0 Å². The Morgan fingerprint density at radius 2 is 1.93 bits per heavy atom. The van der Waals surface area contributed by atoms with Gasteiger partial charge in [0.1, 0.15) is 12.4 Å². The highest BCUT2D eigenvalue weighted by molar-refractivity contribution is 5.15. The van der Waals surface area contributed by atoms with Crippen LogP contribution in [-0.4, -0.2) is 19.3 Å². The molecule has 0 fully saturated rings. The third kappa shape index (κ3) is 8.25. The van der Waals surface area contributed by atoms with E-state index in [4.69, 9.17) is 9.47 Å². The van der Waals surface area contributed by atoms with E-state index in [0.717, 1.165) is 18.6 Å². The van der Waals surface area contributed by atoms with Crippen LogP contribution < -0.4 is 0 Å². The summed E-state index contributed by atoms with van der Waals surface area (Å²) < 4.78 is 10.8. The van der Waals surface area contributed by atoms with Crippen molar-refractivity contribution in [3.05, 3.63) is 24.0 Å². The molecule has 0 heterocycles. The predicted molar refractivity (Wildman–Crippen MR) is 64.8 cm³/mol. The SMILES string of the molecule is CC.CC(C)OCCOC1=CCCC=C1. The largest absolute Gasteiger partial charge is 0.492 e. The van der Waals surface area contributed by atoms with E-state index in [1.165, 1.54) is 0 Å². The molecule has 0 unspecified atom stereocenters. The molecule has 88 valence electrons. The zero-order valence-corrected chi connectivity index (χ0v) is 10.5. The van der Waals surface area contributed by atoms with Crippen LogP contribution in [0.15, 0.2) is 24.0 Å². The maximum absolute atomic E-state index is 5.48. The minimum atomic E-state index is 0.291. The Morgan fingerprint density at radius 1 is 1.20 bits per heavy atom. The van der Waals surface area contributed by atoms with Crippen LogP contribution in [-0.2, 0) is 9.47 Å². The van der Waals surface area contributed by atoms with Crippen LogP contribution in [0.25, 0.3) is 0 Å². The first kappa shape index (κ1) is 14.2. The molecule has 0 saturated heterocycles. The summed E-state index contributed by atoms with van der Waals surface area (Å²) in [4.78, 5) is 0. The lowest BCUT2D eigenvalue weighted by atomic mass is 10.2. The average Bonchev–Trinajstić information content (AvgIpc) is 2.28. The second-order valence-electron chi connectivity index (χ2n) is 3.35. The van der Waals surface area contributed by atoms with Crippen LogP contribution in [0.5, 0.6) is 0 Å². The Kier molecular flexibility index (Phi) is 9.29. The number of hydrogen-bond donors (Lipinski definition) is 0. The zero-order chi connectivity index (χ0) is 11.5. The van der Waals surface area contributed by atoms with Gasteiger partial charge >= 0.3 is 0 Å². The fourth-order valence-electron chi connectivity index (χ4n) is 1.14. The number of allylic oxidation sites excluding steroid dienone is 3. The molecule has 0 aromatic heterocycles. The van der Waals surface area contributed by atoms with Gasteiger partial charge in [0, 0.05) is 0 Å². The molecule has 2 nitrogen and oxygen atoms in total. The van der Waals surface area contributed by atoms with Crippen molar-refractivity contribution in [2.75, 3.05) is 13.2 Å². The third-order valence-corrected chi connectivity index (χ3v) is 1.76. The molecule has 0 amide bonds. The van der Waals surface area contributed by atoms with Gasteiger partial charge in [-0.15, -0.1) is 0 Å². The molecule has 0 aromatic rings. The Hall–Kier alpha value is -0.760. The molecule has 0 N–H and O–H groups in total. The molecular weight excluding hydrogens is 188 g/mol. The van der Waals surface area contributed by atoms with Gasteiger partial charge in [-0.3, -0.25) is 0 Å². The van der Waals surface area contributed by atoms with Crippen molar-refractivity contribution in [2.45, 2.75) is 46.6 Å². The predicted octanol–water partition coefficient (Wildman–Crippen LogP) is 3.69. The maximum atomic E-state index is 5.48. The van der Waals surface area contributed by atoms with Gasteiger partial charge in [-0.25, -0.2) is 0 Å². The van der Waals surface area contributed by atoms with Crippen molar-refractivity contribution >= 4 is 0 Å². The van der Waals surface area contributed by atoms with Crippen molar-refractivity contribution < 1.29 is 9.47 Å². The maximum Gasteiger partial charge on any atom is 0.115 e.